The van der Waals surface area contributed by atoms with E-state index in [0.717, 1.165) is 26.8 Å². The van der Waals surface area contributed by atoms with Crippen molar-refractivity contribution in [3.8, 4) is 22.8 Å². The number of nitrogens with zero attached hydrogens (tertiary/aromatic N) is 4. The summed E-state index contributed by atoms with van der Waals surface area (Å²) in [6.45, 7) is 2.05. The summed E-state index contributed by atoms with van der Waals surface area (Å²) < 4.78 is 13.1. The minimum atomic E-state index is -0.595. The molecule has 0 unspecified atom stereocenters. The second-order valence-corrected chi connectivity index (χ2v) is 7.40. The zero-order valence-electron chi connectivity index (χ0n) is 17.8. The highest BCUT2D eigenvalue weighted by Gasteiger charge is 2.21. The second-order valence-electron chi connectivity index (χ2n) is 6.99. The number of carbonyl (C=O) groups excluding carboxylic acids is 1. The van der Waals surface area contributed by atoms with E-state index in [-0.39, 0.29) is 6.61 Å². The summed E-state index contributed by atoms with van der Waals surface area (Å²) in [5.74, 6) is 12.5. The van der Waals surface area contributed by atoms with E-state index in [4.69, 9.17) is 32.8 Å². The average Bonchev–Trinajstić information content (AvgIpc) is 3.09. The number of aromatic nitrogens is 2. The van der Waals surface area contributed by atoms with E-state index in [9.17, 15) is 4.79 Å². The minimum Gasteiger partial charge on any atom is -0.496 e. The van der Waals surface area contributed by atoms with Crippen molar-refractivity contribution >= 4 is 23.3 Å². The second kappa shape index (κ2) is 9.25. The van der Waals surface area contributed by atoms with Crippen LogP contribution in [0.25, 0.3) is 11.3 Å². The van der Waals surface area contributed by atoms with Crippen molar-refractivity contribution < 1.29 is 14.3 Å². The van der Waals surface area contributed by atoms with E-state index in [2.05, 4.69) is 5.10 Å². The van der Waals surface area contributed by atoms with Crippen molar-refractivity contribution in [1.82, 2.24) is 14.8 Å². The largest absolute Gasteiger partial charge is 0.496 e. The number of urea groups is 1. The topological polar surface area (TPSA) is 112 Å². The first-order valence-corrected chi connectivity index (χ1v) is 9.76. The van der Waals surface area contributed by atoms with Crippen LogP contribution in [0.5, 0.6) is 11.5 Å². The van der Waals surface area contributed by atoms with Crippen LogP contribution >= 0.6 is 11.6 Å². The number of aryl methyl sites for hydroxylation is 2. The molecule has 0 aliphatic carbocycles. The molecule has 0 saturated heterocycles. The Kier molecular flexibility index (Phi) is 6.69. The standard InChI is InChI=1S/C21H25ClN6O3/c1-13-11-26(2)25-20(13)14-8-9-19(16(22)10-14)31-12-15-17(6-5-7-18(15)30-4)28(24)21(29)27(3)23/h5-11H,12,23-24H2,1-4H3. The lowest BCUT2D eigenvalue weighted by molar-refractivity contribution is 0.216. The van der Waals surface area contributed by atoms with Crippen LogP contribution in [0.3, 0.4) is 0 Å². The molecule has 2 amide bonds. The van der Waals surface area contributed by atoms with Gasteiger partial charge in [-0.2, -0.15) is 5.10 Å². The van der Waals surface area contributed by atoms with Crippen molar-refractivity contribution in [2.24, 2.45) is 18.7 Å². The van der Waals surface area contributed by atoms with Crippen molar-refractivity contribution in [1.29, 1.82) is 0 Å². The number of rotatable bonds is 6. The summed E-state index contributed by atoms with van der Waals surface area (Å²) in [4.78, 5) is 12.2. The highest BCUT2D eigenvalue weighted by atomic mass is 35.5. The normalized spacial score (nSPS) is 10.7. The molecule has 0 atom stereocenters. The van der Waals surface area contributed by atoms with Gasteiger partial charge in [-0.3, -0.25) is 9.69 Å². The third-order valence-electron chi connectivity index (χ3n) is 4.68. The SMILES string of the molecule is COc1cccc(N(N)C(=O)N(C)N)c1COc1ccc(-c2nn(C)cc2C)cc1Cl. The lowest BCUT2D eigenvalue weighted by Gasteiger charge is -2.24. The fourth-order valence-electron chi connectivity index (χ4n) is 3.20. The van der Waals surface area contributed by atoms with E-state index in [0.29, 0.717) is 27.8 Å². The molecule has 0 spiro atoms. The van der Waals surface area contributed by atoms with Crippen LogP contribution in [0.4, 0.5) is 10.5 Å². The lowest BCUT2D eigenvalue weighted by atomic mass is 10.1. The van der Waals surface area contributed by atoms with Crippen LogP contribution < -0.4 is 26.2 Å². The number of hydrazine groups is 2. The van der Waals surface area contributed by atoms with Crippen LogP contribution in [0.1, 0.15) is 11.1 Å². The molecule has 0 fully saturated rings. The zero-order valence-corrected chi connectivity index (χ0v) is 18.6. The first-order valence-electron chi connectivity index (χ1n) is 9.39. The van der Waals surface area contributed by atoms with Gasteiger partial charge in [-0.25, -0.2) is 21.5 Å². The molecule has 0 bridgehead atoms. The first-order chi connectivity index (χ1) is 14.7. The number of ether oxygens (including phenoxy) is 2. The Morgan fingerprint density at radius 3 is 2.55 bits per heavy atom. The van der Waals surface area contributed by atoms with E-state index in [1.807, 2.05) is 26.2 Å². The monoisotopic (exact) mass is 444 g/mol. The summed E-state index contributed by atoms with van der Waals surface area (Å²) in [6, 6.07) is 10.0. The highest BCUT2D eigenvalue weighted by Crippen LogP contribution is 2.34. The van der Waals surface area contributed by atoms with Gasteiger partial charge in [-0.15, -0.1) is 0 Å². The number of hydrogen-bond acceptors (Lipinski definition) is 6. The van der Waals surface area contributed by atoms with E-state index < -0.39 is 6.03 Å². The minimum absolute atomic E-state index is 0.0658. The number of nitrogens with two attached hydrogens (primary N) is 2. The molecule has 0 saturated carbocycles. The predicted molar refractivity (Wildman–Crippen MR) is 120 cm³/mol. The molecule has 0 aliphatic heterocycles. The highest BCUT2D eigenvalue weighted by molar-refractivity contribution is 6.32. The number of methoxy groups -OCH3 is 1. The van der Waals surface area contributed by atoms with E-state index >= 15 is 0 Å². The van der Waals surface area contributed by atoms with Gasteiger partial charge in [0.05, 0.1) is 29.1 Å². The summed E-state index contributed by atoms with van der Waals surface area (Å²) in [5.41, 5.74) is 3.76. The molecule has 3 aromatic rings. The van der Waals surface area contributed by atoms with E-state index in [1.165, 1.54) is 14.2 Å². The Labute approximate surface area is 185 Å². The van der Waals surface area contributed by atoms with Gasteiger partial charge < -0.3 is 9.47 Å². The number of carbonyl (C=O) groups is 1. The molecular weight excluding hydrogens is 420 g/mol. The van der Waals surface area contributed by atoms with Gasteiger partial charge >= 0.3 is 6.03 Å². The number of benzene rings is 2. The molecule has 164 valence electrons. The summed E-state index contributed by atoms with van der Waals surface area (Å²) in [5, 5.41) is 6.72. The van der Waals surface area contributed by atoms with Crippen molar-refractivity contribution in [3.63, 3.8) is 0 Å². The van der Waals surface area contributed by atoms with Crippen LogP contribution in [-0.4, -0.2) is 35.0 Å². The Bertz CT molecular complexity index is 1100. The van der Waals surface area contributed by atoms with Crippen LogP contribution in [0, 0.1) is 6.92 Å². The molecule has 1 heterocycles. The Morgan fingerprint density at radius 2 is 1.97 bits per heavy atom. The van der Waals surface area contributed by atoms with Crippen LogP contribution in [0.2, 0.25) is 5.02 Å². The quantitative estimate of drug-likeness (QED) is 0.343. The molecule has 10 heteroatoms. The van der Waals surface area contributed by atoms with Gasteiger partial charge in [0.1, 0.15) is 18.1 Å². The third-order valence-corrected chi connectivity index (χ3v) is 4.98. The van der Waals surface area contributed by atoms with Crippen LogP contribution in [-0.2, 0) is 13.7 Å². The van der Waals surface area contributed by atoms with Gasteiger partial charge in [0.25, 0.3) is 0 Å². The maximum Gasteiger partial charge on any atom is 0.352 e. The van der Waals surface area contributed by atoms with Gasteiger partial charge in [-0.1, -0.05) is 17.7 Å². The molecular formula is C21H25ClN6O3. The van der Waals surface area contributed by atoms with Gasteiger partial charge in [0.15, 0.2) is 0 Å². The summed E-state index contributed by atoms with van der Waals surface area (Å²) in [6.07, 6.45) is 1.94. The summed E-state index contributed by atoms with van der Waals surface area (Å²) in [7, 11) is 4.80. The summed E-state index contributed by atoms with van der Waals surface area (Å²) >= 11 is 6.47. The predicted octanol–water partition coefficient (Wildman–Crippen LogP) is 3.24. The van der Waals surface area contributed by atoms with Gasteiger partial charge in [0, 0.05) is 25.9 Å². The maximum absolute atomic E-state index is 12.2. The molecule has 4 N–H and O–H groups in total. The Hall–Kier alpha value is -3.27. The molecule has 9 nitrogen and oxygen atoms in total. The number of hydrogen-bond donors (Lipinski definition) is 2. The van der Waals surface area contributed by atoms with Crippen molar-refractivity contribution in [2.45, 2.75) is 13.5 Å². The Morgan fingerprint density at radius 1 is 1.23 bits per heavy atom. The fraction of sp³-hybridized carbons (Fsp3) is 0.238. The molecule has 3 rings (SSSR count). The average molecular weight is 445 g/mol. The lowest BCUT2D eigenvalue weighted by Crippen LogP contribution is -2.49. The van der Waals surface area contributed by atoms with Gasteiger partial charge in [0.2, 0.25) is 0 Å². The number of halogens is 1. The van der Waals surface area contributed by atoms with Crippen molar-refractivity contribution in [2.75, 3.05) is 19.2 Å². The molecule has 2 aromatic carbocycles. The maximum atomic E-state index is 12.2. The smallest absolute Gasteiger partial charge is 0.352 e. The van der Waals surface area contributed by atoms with Crippen molar-refractivity contribution in [3.05, 3.63) is 58.7 Å². The van der Waals surface area contributed by atoms with E-state index in [1.54, 1.807) is 35.0 Å². The fourth-order valence-corrected chi connectivity index (χ4v) is 3.43. The van der Waals surface area contributed by atoms with Crippen LogP contribution in [0.15, 0.2) is 42.6 Å². The first kappa shape index (κ1) is 22.4. The van der Waals surface area contributed by atoms with Gasteiger partial charge in [-0.05, 0) is 42.8 Å². The zero-order chi connectivity index (χ0) is 22.7. The number of anilines is 1. The molecule has 0 aliphatic rings. The number of amides is 2. The molecule has 31 heavy (non-hydrogen) atoms. The third kappa shape index (κ3) is 4.74. The molecule has 0 radical (unpaired) electrons. The Balaban J connectivity index is 1.87. The molecule has 1 aromatic heterocycles.